The number of hydrogen-bond donors (Lipinski definition) is 2. The molecule has 6 heteroatoms. The zero-order valence-electron chi connectivity index (χ0n) is 16.0. The van der Waals surface area contributed by atoms with Gasteiger partial charge in [-0.05, 0) is 61.9 Å². The molecule has 0 saturated carbocycles. The van der Waals surface area contributed by atoms with Gasteiger partial charge in [-0.2, -0.15) is 0 Å². The number of aryl methyl sites for hydroxylation is 2. The molecule has 0 atom stereocenters. The maximum Gasteiger partial charge on any atom is 0.293 e. The van der Waals surface area contributed by atoms with Crippen LogP contribution in [0.1, 0.15) is 21.7 Å². The van der Waals surface area contributed by atoms with Crippen LogP contribution in [0, 0.1) is 19.7 Å². The minimum absolute atomic E-state index is 0.0297. The van der Waals surface area contributed by atoms with Crippen molar-refractivity contribution in [3.63, 3.8) is 0 Å². The summed E-state index contributed by atoms with van der Waals surface area (Å²) in [6.45, 7) is 3.74. The second kappa shape index (κ2) is 7.67. The fourth-order valence-corrected chi connectivity index (χ4v) is 2.99. The van der Waals surface area contributed by atoms with Crippen molar-refractivity contribution in [3.05, 3.63) is 89.5 Å². The number of benzene rings is 3. The molecule has 2 N–H and O–H groups in total. The number of hydrogen-bond acceptors (Lipinski definition) is 4. The van der Waals surface area contributed by atoms with Crippen LogP contribution in [0.4, 0.5) is 21.6 Å². The Kier molecular flexibility index (Phi) is 4.91. The number of carbonyl (C=O) groups is 1. The van der Waals surface area contributed by atoms with Crippen LogP contribution >= 0.6 is 0 Å². The Hall–Kier alpha value is -3.80. The van der Waals surface area contributed by atoms with Crippen LogP contribution in [-0.2, 0) is 0 Å². The van der Waals surface area contributed by atoms with Crippen molar-refractivity contribution in [1.29, 1.82) is 0 Å². The number of para-hydroxylation sites is 1. The molecule has 0 aliphatic rings. The third-order valence-electron chi connectivity index (χ3n) is 4.56. The van der Waals surface area contributed by atoms with Crippen LogP contribution in [-0.4, -0.2) is 15.9 Å². The van der Waals surface area contributed by atoms with Crippen LogP contribution < -0.4 is 10.6 Å². The number of fused-ring (bicyclic) bond motifs is 1. The fraction of sp³-hybridized carbons (Fsp3) is 0.0870. The second-order valence-corrected chi connectivity index (χ2v) is 6.82. The third kappa shape index (κ3) is 4.06. The van der Waals surface area contributed by atoms with Crippen LogP contribution in [0.3, 0.4) is 0 Å². The predicted octanol–water partition coefficient (Wildman–Crippen LogP) is 5.38. The summed E-state index contributed by atoms with van der Waals surface area (Å²) in [5.41, 5.74) is 3.80. The van der Waals surface area contributed by atoms with Crippen LogP contribution in [0.5, 0.6) is 0 Å². The van der Waals surface area contributed by atoms with E-state index >= 15 is 0 Å². The lowest BCUT2D eigenvalue weighted by molar-refractivity contribution is 0.101. The molecule has 0 bridgehead atoms. The van der Waals surface area contributed by atoms with E-state index in [2.05, 4.69) is 20.6 Å². The zero-order valence-corrected chi connectivity index (χ0v) is 16.0. The molecule has 144 valence electrons. The minimum Gasteiger partial charge on any atom is -0.340 e. The molecule has 1 heterocycles. The highest BCUT2D eigenvalue weighted by Gasteiger charge is 2.15. The number of aromatic nitrogens is 2. The predicted molar refractivity (Wildman–Crippen MR) is 113 cm³/mol. The summed E-state index contributed by atoms with van der Waals surface area (Å²) in [5.74, 6) is -0.244. The van der Waals surface area contributed by atoms with Crippen molar-refractivity contribution in [2.75, 3.05) is 10.6 Å². The first-order valence-corrected chi connectivity index (χ1v) is 9.17. The van der Waals surface area contributed by atoms with Crippen LogP contribution in [0.15, 0.2) is 66.7 Å². The highest BCUT2D eigenvalue weighted by Crippen LogP contribution is 2.25. The summed E-state index contributed by atoms with van der Waals surface area (Å²) in [5, 5.41) is 6.84. The van der Waals surface area contributed by atoms with Gasteiger partial charge in [0.05, 0.1) is 5.52 Å². The third-order valence-corrected chi connectivity index (χ3v) is 4.56. The number of rotatable bonds is 4. The molecule has 1 aromatic heterocycles. The Balaban J connectivity index is 1.70. The quantitative estimate of drug-likeness (QED) is 0.494. The van der Waals surface area contributed by atoms with E-state index in [1.807, 2.05) is 55.5 Å². The molecule has 0 spiro atoms. The molecule has 0 radical (unpaired) electrons. The van der Waals surface area contributed by atoms with Gasteiger partial charge in [0.1, 0.15) is 11.6 Å². The highest BCUT2D eigenvalue weighted by molar-refractivity contribution is 6.04. The Morgan fingerprint density at radius 1 is 0.931 bits per heavy atom. The van der Waals surface area contributed by atoms with Gasteiger partial charge >= 0.3 is 0 Å². The molecule has 0 fully saturated rings. The normalized spacial score (nSPS) is 10.7. The minimum atomic E-state index is -0.461. The fourth-order valence-electron chi connectivity index (χ4n) is 2.99. The Morgan fingerprint density at radius 3 is 2.45 bits per heavy atom. The van der Waals surface area contributed by atoms with Crippen molar-refractivity contribution >= 4 is 34.0 Å². The van der Waals surface area contributed by atoms with Crippen molar-refractivity contribution in [3.8, 4) is 0 Å². The summed E-state index contributed by atoms with van der Waals surface area (Å²) in [4.78, 5) is 21.6. The van der Waals surface area contributed by atoms with E-state index in [4.69, 9.17) is 0 Å². The van der Waals surface area contributed by atoms with Crippen LogP contribution in [0.2, 0.25) is 0 Å². The van der Waals surface area contributed by atoms with Gasteiger partial charge in [-0.25, -0.2) is 14.4 Å². The first kappa shape index (κ1) is 18.6. The van der Waals surface area contributed by atoms with Crippen molar-refractivity contribution < 1.29 is 9.18 Å². The molecular weight excluding hydrogens is 367 g/mol. The molecule has 5 nitrogen and oxygen atoms in total. The Labute approximate surface area is 167 Å². The van der Waals surface area contributed by atoms with Gasteiger partial charge < -0.3 is 10.6 Å². The van der Waals surface area contributed by atoms with E-state index in [1.54, 1.807) is 6.92 Å². The van der Waals surface area contributed by atoms with Gasteiger partial charge in [0.15, 0.2) is 0 Å². The number of nitrogens with one attached hydrogen (secondary N) is 2. The molecule has 0 aliphatic heterocycles. The summed E-state index contributed by atoms with van der Waals surface area (Å²) in [7, 11) is 0. The zero-order chi connectivity index (χ0) is 20.4. The molecule has 1 amide bonds. The van der Waals surface area contributed by atoms with Gasteiger partial charge in [-0.3, -0.25) is 4.79 Å². The van der Waals surface area contributed by atoms with E-state index in [9.17, 15) is 9.18 Å². The smallest absolute Gasteiger partial charge is 0.293 e. The lowest BCUT2D eigenvalue weighted by Crippen LogP contribution is -2.17. The maximum atomic E-state index is 13.3. The van der Waals surface area contributed by atoms with E-state index in [-0.39, 0.29) is 11.6 Å². The number of amides is 1. The molecule has 0 aliphatic carbocycles. The topological polar surface area (TPSA) is 66.9 Å². The van der Waals surface area contributed by atoms with E-state index in [1.165, 1.54) is 18.2 Å². The van der Waals surface area contributed by atoms with Crippen molar-refractivity contribution in [2.24, 2.45) is 0 Å². The van der Waals surface area contributed by atoms with Crippen molar-refractivity contribution in [1.82, 2.24) is 9.97 Å². The molecule has 4 aromatic rings. The summed E-state index contributed by atoms with van der Waals surface area (Å²) < 4.78 is 13.3. The SMILES string of the molecule is Cc1ccc(Nc2nc(C(=O)Nc3ccc(F)cc3C)nc3ccccc23)cc1. The maximum absolute atomic E-state index is 13.3. The van der Waals surface area contributed by atoms with Crippen LogP contribution in [0.25, 0.3) is 10.9 Å². The number of anilines is 3. The van der Waals surface area contributed by atoms with Gasteiger partial charge in [0.2, 0.25) is 5.82 Å². The molecule has 0 saturated heterocycles. The average molecular weight is 386 g/mol. The Bertz CT molecular complexity index is 1210. The number of carbonyl (C=O) groups excluding carboxylic acids is 1. The number of halogens is 1. The lowest BCUT2D eigenvalue weighted by atomic mass is 10.2. The first-order chi connectivity index (χ1) is 14.0. The average Bonchev–Trinajstić information content (AvgIpc) is 2.71. The van der Waals surface area contributed by atoms with Gasteiger partial charge in [-0.15, -0.1) is 0 Å². The standard InChI is InChI=1S/C23H19FN4O/c1-14-7-10-17(11-8-14)25-21-18-5-3-4-6-20(18)26-22(28-21)23(29)27-19-12-9-16(24)13-15(19)2/h3-13H,1-2H3,(H,27,29)(H,25,26,28). The van der Waals surface area contributed by atoms with E-state index < -0.39 is 5.91 Å². The number of nitrogens with zero attached hydrogens (tertiary/aromatic N) is 2. The molecule has 3 aromatic carbocycles. The largest absolute Gasteiger partial charge is 0.340 e. The second-order valence-electron chi connectivity index (χ2n) is 6.82. The monoisotopic (exact) mass is 386 g/mol. The van der Waals surface area contributed by atoms with Gasteiger partial charge in [-0.1, -0.05) is 29.8 Å². The summed E-state index contributed by atoms with van der Waals surface area (Å²) >= 11 is 0. The van der Waals surface area contributed by atoms with Crippen molar-refractivity contribution in [2.45, 2.75) is 13.8 Å². The molecule has 4 rings (SSSR count). The van der Waals surface area contributed by atoms with Gasteiger partial charge in [0, 0.05) is 16.8 Å². The Morgan fingerprint density at radius 2 is 1.69 bits per heavy atom. The van der Waals surface area contributed by atoms with E-state index in [0.717, 1.165) is 16.6 Å². The van der Waals surface area contributed by atoms with E-state index in [0.29, 0.717) is 22.6 Å². The summed E-state index contributed by atoms with van der Waals surface area (Å²) in [6, 6.07) is 19.6. The summed E-state index contributed by atoms with van der Waals surface area (Å²) in [6.07, 6.45) is 0. The first-order valence-electron chi connectivity index (χ1n) is 9.17. The molecule has 29 heavy (non-hydrogen) atoms. The van der Waals surface area contributed by atoms with Gasteiger partial charge in [0.25, 0.3) is 5.91 Å². The molecular formula is C23H19FN4O. The molecule has 0 unspecified atom stereocenters. The lowest BCUT2D eigenvalue weighted by Gasteiger charge is -2.12. The highest BCUT2D eigenvalue weighted by atomic mass is 19.1.